The average molecular weight is 276 g/mol. The van der Waals surface area contributed by atoms with E-state index in [9.17, 15) is 23.1 Å². The third-order valence-electron chi connectivity index (χ3n) is 2.52. The minimum Gasteiger partial charge on any atom is -0.387 e. The summed E-state index contributed by atoms with van der Waals surface area (Å²) >= 11 is 0. The molecule has 1 aromatic rings. The number of aliphatic hydroxyl groups is 1. The predicted octanol–water partition coefficient (Wildman–Crippen LogP) is 1.07. The summed E-state index contributed by atoms with van der Waals surface area (Å²) in [6.07, 6.45) is -5.35. The molecule has 1 rings (SSSR count). The number of rotatable bonds is 5. The second kappa shape index (κ2) is 6.53. The van der Waals surface area contributed by atoms with Crippen molar-refractivity contribution in [3.8, 4) is 0 Å². The summed E-state index contributed by atoms with van der Waals surface area (Å²) in [6, 6.07) is 4.26. The van der Waals surface area contributed by atoms with Crippen molar-refractivity contribution in [2.75, 3.05) is 20.1 Å². The van der Waals surface area contributed by atoms with E-state index in [1.165, 1.54) is 19.2 Å². The Kier molecular flexibility index (Phi) is 5.31. The lowest BCUT2D eigenvalue weighted by molar-refractivity contribution is -0.137. The van der Waals surface area contributed by atoms with Crippen LogP contribution in [0.15, 0.2) is 24.3 Å². The first kappa shape index (κ1) is 15.5. The highest BCUT2D eigenvalue weighted by atomic mass is 19.4. The van der Waals surface area contributed by atoms with Crippen LogP contribution in [-0.2, 0) is 11.0 Å². The van der Waals surface area contributed by atoms with Crippen LogP contribution in [0.1, 0.15) is 17.2 Å². The van der Waals surface area contributed by atoms with Crippen LogP contribution in [0.2, 0.25) is 0 Å². The van der Waals surface area contributed by atoms with E-state index in [0.29, 0.717) is 5.56 Å². The molecule has 0 saturated carbocycles. The van der Waals surface area contributed by atoms with E-state index in [0.717, 1.165) is 12.1 Å². The van der Waals surface area contributed by atoms with Crippen molar-refractivity contribution >= 4 is 5.91 Å². The van der Waals surface area contributed by atoms with Gasteiger partial charge in [-0.1, -0.05) is 12.1 Å². The number of carbonyl (C=O) groups excluding carboxylic acids is 1. The lowest BCUT2D eigenvalue weighted by Crippen LogP contribution is -2.33. The molecule has 0 heterocycles. The number of hydrogen-bond acceptors (Lipinski definition) is 3. The van der Waals surface area contributed by atoms with Crippen LogP contribution in [-0.4, -0.2) is 31.2 Å². The van der Waals surface area contributed by atoms with Gasteiger partial charge < -0.3 is 15.7 Å². The summed E-state index contributed by atoms with van der Waals surface area (Å²) in [4.78, 5) is 10.9. The first-order valence-corrected chi connectivity index (χ1v) is 5.61. The maximum atomic E-state index is 12.3. The molecule has 106 valence electrons. The van der Waals surface area contributed by atoms with Crippen molar-refractivity contribution < 1.29 is 23.1 Å². The highest BCUT2D eigenvalue weighted by molar-refractivity contribution is 5.77. The van der Waals surface area contributed by atoms with Crippen LogP contribution in [0, 0.1) is 0 Å². The smallest absolute Gasteiger partial charge is 0.387 e. The van der Waals surface area contributed by atoms with Crippen LogP contribution in [0.3, 0.4) is 0 Å². The number of amides is 1. The van der Waals surface area contributed by atoms with Crippen LogP contribution < -0.4 is 10.6 Å². The third kappa shape index (κ3) is 4.88. The van der Waals surface area contributed by atoms with Gasteiger partial charge in [-0.05, 0) is 17.7 Å². The number of likely N-dealkylation sites (N-methyl/N-ethyl adjacent to an activating group) is 1. The lowest BCUT2D eigenvalue weighted by Gasteiger charge is -2.13. The largest absolute Gasteiger partial charge is 0.416 e. The maximum Gasteiger partial charge on any atom is 0.416 e. The molecule has 0 saturated heterocycles. The van der Waals surface area contributed by atoms with Gasteiger partial charge in [0.1, 0.15) is 0 Å². The fraction of sp³-hybridized carbons (Fsp3) is 0.417. The zero-order valence-electron chi connectivity index (χ0n) is 10.3. The van der Waals surface area contributed by atoms with Gasteiger partial charge in [-0.25, -0.2) is 0 Å². The number of benzene rings is 1. The van der Waals surface area contributed by atoms with Gasteiger partial charge in [0.25, 0.3) is 0 Å². The Morgan fingerprint density at radius 1 is 1.32 bits per heavy atom. The van der Waals surface area contributed by atoms with Gasteiger partial charge in [-0.3, -0.25) is 4.79 Å². The summed E-state index contributed by atoms with van der Waals surface area (Å²) in [5, 5.41) is 14.8. The van der Waals surface area contributed by atoms with Gasteiger partial charge in [0.05, 0.1) is 18.2 Å². The number of halogens is 3. The summed E-state index contributed by atoms with van der Waals surface area (Å²) in [5.74, 6) is -0.236. The van der Waals surface area contributed by atoms with Crippen molar-refractivity contribution in [1.82, 2.24) is 10.6 Å². The Morgan fingerprint density at radius 2 is 1.89 bits per heavy atom. The van der Waals surface area contributed by atoms with Crippen LogP contribution in [0.25, 0.3) is 0 Å². The SMILES string of the molecule is CNC(=O)CNCC(O)c1ccc(C(F)(F)F)cc1. The average Bonchev–Trinajstić information content (AvgIpc) is 2.37. The lowest BCUT2D eigenvalue weighted by atomic mass is 10.1. The Hall–Kier alpha value is -1.60. The van der Waals surface area contributed by atoms with E-state index in [1.807, 2.05) is 0 Å². The summed E-state index contributed by atoms with van der Waals surface area (Å²) in [7, 11) is 1.48. The molecule has 0 aliphatic rings. The monoisotopic (exact) mass is 276 g/mol. The van der Waals surface area contributed by atoms with Crippen molar-refractivity contribution in [2.45, 2.75) is 12.3 Å². The molecule has 1 aromatic carbocycles. The van der Waals surface area contributed by atoms with Crippen molar-refractivity contribution in [1.29, 1.82) is 0 Å². The van der Waals surface area contributed by atoms with Gasteiger partial charge in [0, 0.05) is 13.6 Å². The standard InChI is InChI=1S/C12H15F3N2O2/c1-16-11(19)7-17-6-10(18)8-2-4-9(5-3-8)12(13,14)15/h2-5,10,17-18H,6-7H2,1H3,(H,16,19). The van der Waals surface area contributed by atoms with E-state index in [-0.39, 0.29) is 19.0 Å². The highest BCUT2D eigenvalue weighted by Crippen LogP contribution is 2.29. The van der Waals surface area contributed by atoms with Gasteiger partial charge in [0.15, 0.2) is 0 Å². The molecule has 4 nitrogen and oxygen atoms in total. The Bertz CT molecular complexity index is 418. The molecule has 0 spiro atoms. The molecule has 1 amide bonds. The second-order valence-electron chi connectivity index (χ2n) is 3.94. The van der Waals surface area contributed by atoms with E-state index < -0.39 is 17.8 Å². The first-order valence-electron chi connectivity index (χ1n) is 5.61. The first-order chi connectivity index (χ1) is 8.84. The van der Waals surface area contributed by atoms with Gasteiger partial charge >= 0.3 is 6.18 Å². The molecule has 1 unspecified atom stereocenters. The quantitative estimate of drug-likeness (QED) is 0.754. The molecular formula is C12H15F3N2O2. The molecule has 7 heteroatoms. The van der Waals surface area contributed by atoms with Gasteiger partial charge in [-0.2, -0.15) is 13.2 Å². The Labute approximate surface area is 108 Å². The van der Waals surface area contributed by atoms with Gasteiger partial charge in [0.2, 0.25) is 5.91 Å². The summed E-state index contributed by atoms with van der Waals surface area (Å²) in [6.45, 7) is 0.118. The van der Waals surface area contributed by atoms with Crippen LogP contribution in [0.5, 0.6) is 0 Å². The van der Waals surface area contributed by atoms with E-state index in [4.69, 9.17) is 0 Å². The normalized spacial score (nSPS) is 13.1. The van der Waals surface area contributed by atoms with E-state index in [2.05, 4.69) is 10.6 Å². The zero-order valence-corrected chi connectivity index (χ0v) is 10.3. The fourth-order valence-corrected chi connectivity index (χ4v) is 1.42. The number of alkyl halides is 3. The maximum absolute atomic E-state index is 12.3. The predicted molar refractivity (Wildman–Crippen MR) is 63.3 cm³/mol. The number of nitrogens with one attached hydrogen (secondary N) is 2. The molecule has 19 heavy (non-hydrogen) atoms. The zero-order chi connectivity index (χ0) is 14.5. The van der Waals surface area contributed by atoms with Crippen LogP contribution >= 0.6 is 0 Å². The van der Waals surface area contributed by atoms with E-state index in [1.54, 1.807) is 0 Å². The fourth-order valence-electron chi connectivity index (χ4n) is 1.42. The molecule has 0 aromatic heterocycles. The molecule has 0 aliphatic carbocycles. The minimum atomic E-state index is -4.39. The minimum absolute atomic E-state index is 0.0359. The van der Waals surface area contributed by atoms with E-state index >= 15 is 0 Å². The number of carbonyl (C=O) groups is 1. The van der Waals surface area contributed by atoms with Crippen molar-refractivity contribution in [3.05, 3.63) is 35.4 Å². The Balaban J connectivity index is 2.53. The molecule has 3 N–H and O–H groups in total. The molecule has 0 radical (unpaired) electrons. The summed E-state index contributed by atoms with van der Waals surface area (Å²) in [5.41, 5.74) is -0.404. The summed E-state index contributed by atoms with van der Waals surface area (Å²) < 4.78 is 37.0. The van der Waals surface area contributed by atoms with Crippen LogP contribution in [0.4, 0.5) is 13.2 Å². The number of aliphatic hydroxyl groups excluding tert-OH is 1. The van der Waals surface area contributed by atoms with Crippen molar-refractivity contribution in [2.24, 2.45) is 0 Å². The van der Waals surface area contributed by atoms with Gasteiger partial charge in [-0.15, -0.1) is 0 Å². The molecule has 0 fully saturated rings. The molecule has 0 bridgehead atoms. The molecular weight excluding hydrogens is 261 g/mol. The van der Waals surface area contributed by atoms with Crippen molar-refractivity contribution in [3.63, 3.8) is 0 Å². The Morgan fingerprint density at radius 3 is 2.37 bits per heavy atom. The topological polar surface area (TPSA) is 61.4 Å². The third-order valence-corrected chi connectivity index (χ3v) is 2.52. The number of hydrogen-bond donors (Lipinski definition) is 3. The highest BCUT2D eigenvalue weighted by Gasteiger charge is 2.30. The molecule has 0 aliphatic heterocycles. The second-order valence-corrected chi connectivity index (χ2v) is 3.94. The molecule has 1 atom stereocenters.